The number of benzene rings is 2. The fourth-order valence-electron chi connectivity index (χ4n) is 3.30. The van der Waals surface area contributed by atoms with Crippen LogP contribution in [0.1, 0.15) is 22.7 Å². The molecule has 26 heavy (non-hydrogen) atoms. The first-order valence-electron chi connectivity index (χ1n) is 8.48. The first kappa shape index (κ1) is 16.1. The van der Waals surface area contributed by atoms with Crippen LogP contribution in [0.3, 0.4) is 0 Å². The molecule has 0 saturated carbocycles. The van der Waals surface area contributed by atoms with Crippen molar-refractivity contribution in [2.75, 3.05) is 0 Å². The molecule has 4 aromatic rings. The van der Waals surface area contributed by atoms with Crippen LogP contribution in [-0.4, -0.2) is 20.2 Å². The second-order valence-electron chi connectivity index (χ2n) is 6.22. The summed E-state index contributed by atoms with van der Waals surface area (Å²) in [5, 5.41) is 21.9. The van der Waals surface area contributed by atoms with E-state index in [9.17, 15) is 10.2 Å². The molecule has 0 fully saturated rings. The van der Waals surface area contributed by atoms with Gasteiger partial charge in [0.2, 0.25) is 0 Å². The van der Waals surface area contributed by atoms with E-state index >= 15 is 0 Å². The van der Waals surface area contributed by atoms with Gasteiger partial charge in [-0.25, -0.2) is 0 Å². The lowest BCUT2D eigenvalue weighted by atomic mass is 9.86. The maximum atomic E-state index is 10.9. The van der Waals surface area contributed by atoms with Gasteiger partial charge in [0.1, 0.15) is 17.0 Å². The van der Waals surface area contributed by atoms with E-state index in [2.05, 4.69) is 9.97 Å². The number of phenolic OH excluding ortho intramolecular Hbond substituents is 1. The SMILES string of the molecule is Oc1cccnc1CC(c1ccccc1)c1ccc2cccnc2c1O. The highest BCUT2D eigenvalue weighted by Crippen LogP contribution is 2.38. The van der Waals surface area contributed by atoms with Crippen LogP contribution in [0.15, 0.2) is 79.1 Å². The average molecular weight is 342 g/mol. The summed E-state index contributed by atoms with van der Waals surface area (Å²) in [6.07, 6.45) is 3.81. The third kappa shape index (κ3) is 2.97. The van der Waals surface area contributed by atoms with Crippen LogP contribution >= 0.6 is 0 Å². The number of phenols is 1. The Bertz CT molecular complexity index is 1050. The minimum absolute atomic E-state index is 0.150. The summed E-state index contributed by atoms with van der Waals surface area (Å²) in [6.45, 7) is 0. The lowest BCUT2D eigenvalue weighted by Crippen LogP contribution is -2.07. The average Bonchev–Trinajstić information content (AvgIpc) is 2.69. The van der Waals surface area contributed by atoms with Crippen LogP contribution in [0.2, 0.25) is 0 Å². The van der Waals surface area contributed by atoms with E-state index in [-0.39, 0.29) is 17.4 Å². The third-order valence-corrected chi connectivity index (χ3v) is 4.62. The fraction of sp³-hybridized carbons (Fsp3) is 0.0909. The Morgan fingerprint density at radius 2 is 1.54 bits per heavy atom. The van der Waals surface area contributed by atoms with Gasteiger partial charge in [0.05, 0.1) is 5.69 Å². The van der Waals surface area contributed by atoms with Gasteiger partial charge < -0.3 is 10.2 Å². The van der Waals surface area contributed by atoms with Crippen LogP contribution in [0, 0.1) is 0 Å². The predicted molar refractivity (Wildman–Crippen MR) is 101 cm³/mol. The van der Waals surface area contributed by atoms with Gasteiger partial charge in [0.25, 0.3) is 0 Å². The minimum atomic E-state index is -0.150. The second-order valence-corrected chi connectivity index (χ2v) is 6.22. The number of hydrogen-bond donors (Lipinski definition) is 2. The summed E-state index contributed by atoms with van der Waals surface area (Å²) < 4.78 is 0. The first-order chi connectivity index (χ1) is 12.7. The molecule has 0 aliphatic heterocycles. The molecule has 0 spiro atoms. The molecule has 0 aliphatic rings. The Morgan fingerprint density at radius 3 is 2.35 bits per heavy atom. The highest BCUT2D eigenvalue weighted by Gasteiger charge is 2.22. The molecule has 0 radical (unpaired) electrons. The van der Waals surface area contributed by atoms with E-state index < -0.39 is 0 Å². The largest absolute Gasteiger partial charge is 0.506 e. The van der Waals surface area contributed by atoms with Gasteiger partial charge >= 0.3 is 0 Å². The molecule has 4 heteroatoms. The molecular weight excluding hydrogens is 324 g/mol. The van der Waals surface area contributed by atoms with Gasteiger partial charge in [-0.05, 0) is 23.8 Å². The van der Waals surface area contributed by atoms with E-state index in [0.717, 1.165) is 16.5 Å². The number of fused-ring (bicyclic) bond motifs is 1. The molecule has 2 aromatic heterocycles. The monoisotopic (exact) mass is 342 g/mol. The first-order valence-corrected chi connectivity index (χ1v) is 8.48. The van der Waals surface area contributed by atoms with Crippen molar-refractivity contribution in [3.05, 3.63) is 95.9 Å². The number of aromatic nitrogens is 2. The molecule has 0 saturated heterocycles. The van der Waals surface area contributed by atoms with Crippen molar-refractivity contribution in [2.45, 2.75) is 12.3 Å². The quantitative estimate of drug-likeness (QED) is 0.576. The van der Waals surface area contributed by atoms with Gasteiger partial charge in [0, 0.05) is 35.7 Å². The zero-order valence-electron chi connectivity index (χ0n) is 14.1. The normalized spacial score (nSPS) is 12.2. The molecule has 1 atom stereocenters. The van der Waals surface area contributed by atoms with Crippen molar-refractivity contribution in [1.82, 2.24) is 9.97 Å². The molecular formula is C22H18N2O2. The Balaban J connectivity index is 1.86. The molecule has 0 aliphatic carbocycles. The highest BCUT2D eigenvalue weighted by molar-refractivity contribution is 5.85. The second kappa shape index (κ2) is 6.84. The van der Waals surface area contributed by atoms with E-state index in [4.69, 9.17) is 0 Å². The van der Waals surface area contributed by atoms with Crippen molar-refractivity contribution >= 4 is 10.9 Å². The zero-order valence-corrected chi connectivity index (χ0v) is 14.1. The Kier molecular flexibility index (Phi) is 4.23. The Hall–Kier alpha value is -3.40. The maximum absolute atomic E-state index is 10.9. The van der Waals surface area contributed by atoms with Crippen molar-refractivity contribution in [2.24, 2.45) is 0 Å². The Morgan fingerprint density at radius 1 is 0.769 bits per heavy atom. The third-order valence-electron chi connectivity index (χ3n) is 4.62. The number of pyridine rings is 2. The summed E-state index contributed by atoms with van der Waals surface area (Å²) in [7, 11) is 0. The number of rotatable bonds is 4. The van der Waals surface area contributed by atoms with E-state index in [1.165, 1.54) is 0 Å². The van der Waals surface area contributed by atoms with Crippen LogP contribution in [0.25, 0.3) is 10.9 Å². The van der Waals surface area contributed by atoms with Crippen LogP contribution < -0.4 is 0 Å². The van der Waals surface area contributed by atoms with Crippen molar-refractivity contribution in [1.29, 1.82) is 0 Å². The molecule has 2 aromatic carbocycles. The molecule has 0 amide bonds. The number of nitrogens with zero attached hydrogens (tertiary/aromatic N) is 2. The lowest BCUT2D eigenvalue weighted by Gasteiger charge is -2.20. The van der Waals surface area contributed by atoms with E-state index in [1.54, 1.807) is 24.5 Å². The van der Waals surface area contributed by atoms with Crippen LogP contribution in [-0.2, 0) is 6.42 Å². The van der Waals surface area contributed by atoms with Crippen LogP contribution in [0.4, 0.5) is 0 Å². The van der Waals surface area contributed by atoms with Crippen molar-refractivity contribution < 1.29 is 10.2 Å². The zero-order chi connectivity index (χ0) is 17.9. The molecule has 2 N–H and O–H groups in total. The number of hydrogen-bond acceptors (Lipinski definition) is 4. The van der Waals surface area contributed by atoms with Crippen LogP contribution in [0.5, 0.6) is 11.5 Å². The van der Waals surface area contributed by atoms with E-state index in [1.807, 2.05) is 54.6 Å². The van der Waals surface area contributed by atoms with Gasteiger partial charge in [-0.2, -0.15) is 0 Å². The van der Waals surface area contributed by atoms with Crippen molar-refractivity contribution in [3.8, 4) is 11.5 Å². The van der Waals surface area contributed by atoms with Gasteiger partial charge in [0.15, 0.2) is 0 Å². The smallest absolute Gasteiger partial charge is 0.145 e. The standard InChI is InChI=1S/C22H18N2O2/c25-20-9-5-12-23-19(20)14-18(15-6-2-1-3-7-15)17-11-10-16-8-4-13-24-21(16)22(17)26/h1-13,18,25-26H,14H2. The minimum Gasteiger partial charge on any atom is -0.506 e. The highest BCUT2D eigenvalue weighted by atomic mass is 16.3. The molecule has 4 nitrogen and oxygen atoms in total. The lowest BCUT2D eigenvalue weighted by molar-refractivity contribution is 0.457. The molecule has 1 unspecified atom stereocenters. The molecule has 4 rings (SSSR count). The fourth-order valence-corrected chi connectivity index (χ4v) is 3.30. The summed E-state index contributed by atoms with van der Waals surface area (Å²) in [5.74, 6) is 0.183. The summed E-state index contributed by atoms with van der Waals surface area (Å²) >= 11 is 0. The summed E-state index contributed by atoms with van der Waals surface area (Å²) in [4.78, 5) is 8.64. The van der Waals surface area contributed by atoms with Crippen molar-refractivity contribution in [3.63, 3.8) is 0 Å². The topological polar surface area (TPSA) is 66.2 Å². The molecule has 0 bridgehead atoms. The van der Waals surface area contributed by atoms with E-state index in [0.29, 0.717) is 17.6 Å². The molecule has 128 valence electrons. The summed E-state index contributed by atoms with van der Waals surface area (Å²) in [5.41, 5.74) is 2.99. The predicted octanol–water partition coefficient (Wildman–Crippen LogP) is 4.42. The number of aromatic hydroxyl groups is 2. The summed E-state index contributed by atoms with van der Waals surface area (Å²) in [6, 6.07) is 20.9. The maximum Gasteiger partial charge on any atom is 0.145 e. The van der Waals surface area contributed by atoms with Gasteiger partial charge in [-0.3, -0.25) is 9.97 Å². The van der Waals surface area contributed by atoms with Gasteiger partial charge in [-0.15, -0.1) is 0 Å². The van der Waals surface area contributed by atoms with Gasteiger partial charge in [-0.1, -0.05) is 48.5 Å². The Labute approximate surface area is 151 Å². The molecule has 2 heterocycles.